The summed E-state index contributed by atoms with van der Waals surface area (Å²) in [6.07, 6.45) is 10.6. The lowest BCUT2D eigenvalue weighted by atomic mass is 9.94. The average molecular weight is 347 g/mol. The molecule has 1 aliphatic carbocycles. The number of nitrogens with zero attached hydrogens (tertiary/aromatic N) is 2. The first kappa shape index (κ1) is 17.8. The molecular formula is C20H30N2OS. The number of carbonyl (C=O) groups excluding carboxylic acids is 1. The van der Waals surface area contributed by atoms with E-state index >= 15 is 0 Å². The van der Waals surface area contributed by atoms with E-state index in [-0.39, 0.29) is 5.91 Å². The number of hydrogen-bond donors (Lipinski definition) is 0. The maximum Gasteiger partial charge on any atom is 0.227 e. The highest BCUT2D eigenvalue weighted by atomic mass is 32.2. The summed E-state index contributed by atoms with van der Waals surface area (Å²) in [7, 11) is 0. The third kappa shape index (κ3) is 4.76. The van der Waals surface area contributed by atoms with Crippen molar-refractivity contribution in [2.24, 2.45) is 0 Å². The van der Waals surface area contributed by atoms with E-state index in [1.807, 2.05) is 0 Å². The van der Waals surface area contributed by atoms with Gasteiger partial charge >= 0.3 is 0 Å². The highest BCUT2D eigenvalue weighted by Crippen LogP contribution is 2.23. The van der Waals surface area contributed by atoms with E-state index in [4.69, 9.17) is 0 Å². The predicted molar refractivity (Wildman–Crippen MR) is 102 cm³/mol. The number of thioether (sulfide) groups is 1. The van der Waals surface area contributed by atoms with Crippen molar-refractivity contribution < 1.29 is 4.79 Å². The van der Waals surface area contributed by atoms with Gasteiger partial charge in [-0.1, -0.05) is 31.4 Å². The number of amides is 1. The van der Waals surface area contributed by atoms with Gasteiger partial charge in [-0.3, -0.25) is 9.69 Å². The molecule has 24 heavy (non-hydrogen) atoms. The van der Waals surface area contributed by atoms with E-state index in [1.165, 1.54) is 37.0 Å². The van der Waals surface area contributed by atoms with Crippen molar-refractivity contribution in [3.05, 3.63) is 29.8 Å². The van der Waals surface area contributed by atoms with Gasteiger partial charge in [0.05, 0.1) is 6.42 Å². The molecule has 1 aliphatic heterocycles. The van der Waals surface area contributed by atoms with Crippen LogP contribution in [-0.2, 0) is 11.2 Å². The molecule has 2 aliphatic rings. The first-order valence-electron chi connectivity index (χ1n) is 9.41. The van der Waals surface area contributed by atoms with Crippen LogP contribution in [0.1, 0.15) is 44.1 Å². The lowest BCUT2D eigenvalue weighted by Crippen LogP contribution is -2.40. The van der Waals surface area contributed by atoms with Crippen LogP contribution in [0.15, 0.2) is 29.2 Å². The molecule has 0 spiro atoms. The first-order chi connectivity index (χ1) is 11.8. The van der Waals surface area contributed by atoms with Gasteiger partial charge in [0, 0.05) is 37.1 Å². The Hall–Kier alpha value is -1.00. The molecule has 132 valence electrons. The monoisotopic (exact) mass is 346 g/mol. The van der Waals surface area contributed by atoms with Crippen LogP contribution in [0.25, 0.3) is 0 Å². The molecule has 3 rings (SSSR count). The Bertz CT molecular complexity index is 525. The summed E-state index contributed by atoms with van der Waals surface area (Å²) >= 11 is 1.74. The predicted octanol–water partition coefficient (Wildman–Crippen LogP) is 3.82. The third-order valence-electron chi connectivity index (χ3n) is 5.49. The summed E-state index contributed by atoms with van der Waals surface area (Å²) in [6.45, 7) is 4.04. The van der Waals surface area contributed by atoms with Gasteiger partial charge in [-0.25, -0.2) is 0 Å². The van der Waals surface area contributed by atoms with Gasteiger partial charge in [0.15, 0.2) is 0 Å². The van der Waals surface area contributed by atoms with Crippen LogP contribution in [0.5, 0.6) is 0 Å². The summed E-state index contributed by atoms with van der Waals surface area (Å²) in [5.74, 6) is 0.289. The number of hydrogen-bond acceptors (Lipinski definition) is 3. The SMILES string of the molecule is CSc1ccc(CC(=O)N2CCCN(C3CCCCC3)CC2)cc1. The molecule has 0 radical (unpaired) electrons. The van der Waals surface area contributed by atoms with Gasteiger partial charge in [0.1, 0.15) is 0 Å². The minimum atomic E-state index is 0.289. The van der Waals surface area contributed by atoms with Crippen molar-refractivity contribution in [1.82, 2.24) is 9.80 Å². The lowest BCUT2D eigenvalue weighted by molar-refractivity contribution is -0.130. The molecular weight excluding hydrogens is 316 g/mol. The largest absolute Gasteiger partial charge is 0.341 e. The van der Waals surface area contributed by atoms with Crippen LogP contribution in [0, 0.1) is 0 Å². The summed E-state index contributed by atoms with van der Waals surface area (Å²) in [6, 6.07) is 9.18. The maximum absolute atomic E-state index is 12.7. The van der Waals surface area contributed by atoms with Gasteiger partial charge in [-0.05, 0) is 43.2 Å². The van der Waals surface area contributed by atoms with E-state index in [2.05, 4.69) is 40.3 Å². The summed E-state index contributed by atoms with van der Waals surface area (Å²) in [4.78, 5) is 18.7. The van der Waals surface area contributed by atoms with Crippen LogP contribution in [-0.4, -0.2) is 54.2 Å². The molecule has 1 aromatic rings. The molecule has 0 N–H and O–H groups in total. The van der Waals surface area contributed by atoms with Crippen molar-refractivity contribution >= 4 is 17.7 Å². The smallest absolute Gasteiger partial charge is 0.227 e. The fourth-order valence-corrected chi connectivity index (χ4v) is 4.44. The molecule has 1 amide bonds. The zero-order valence-electron chi connectivity index (χ0n) is 14.9. The van der Waals surface area contributed by atoms with E-state index in [0.29, 0.717) is 6.42 Å². The Balaban J connectivity index is 1.51. The Labute approximate surface area is 150 Å². The minimum Gasteiger partial charge on any atom is -0.341 e. The topological polar surface area (TPSA) is 23.6 Å². The number of carbonyl (C=O) groups is 1. The second-order valence-corrected chi connectivity index (χ2v) is 7.97. The van der Waals surface area contributed by atoms with E-state index < -0.39 is 0 Å². The van der Waals surface area contributed by atoms with Gasteiger partial charge in [0.25, 0.3) is 0 Å². The quantitative estimate of drug-likeness (QED) is 0.775. The molecule has 0 bridgehead atoms. The molecule has 0 atom stereocenters. The molecule has 1 heterocycles. The van der Waals surface area contributed by atoms with Gasteiger partial charge < -0.3 is 4.90 Å². The van der Waals surface area contributed by atoms with Crippen molar-refractivity contribution in [2.75, 3.05) is 32.4 Å². The summed E-state index contributed by atoms with van der Waals surface area (Å²) in [5.41, 5.74) is 1.13. The molecule has 0 aromatic heterocycles. The van der Waals surface area contributed by atoms with Crippen molar-refractivity contribution in [3.63, 3.8) is 0 Å². The second-order valence-electron chi connectivity index (χ2n) is 7.09. The normalized spacial score (nSPS) is 20.8. The highest BCUT2D eigenvalue weighted by molar-refractivity contribution is 7.98. The molecule has 3 nitrogen and oxygen atoms in total. The maximum atomic E-state index is 12.7. The molecule has 4 heteroatoms. The molecule has 2 fully saturated rings. The Kier molecular flexibility index (Phi) is 6.61. The van der Waals surface area contributed by atoms with Crippen LogP contribution in [0.2, 0.25) is 0 Å². The van der Waals surface area contributed by atoms with Crippen LogP contribution >= 0.6 is 11.8 Å². The van der Waals surface area contributed by atoms with Gasteiger partial charge in [0.2, 0.25) is 5.91 Å². The highest BCUT2D eigenvalue weighted by Gasteiger charge is 2.25. The number of benzene rings is 1. The summed E-state index contributed by atoms with van der Waals surface area (Å²) in [5, 5.41) is 0. The van der Waals surface area contributed by atoms with E-state index in [1.54, 1.807) is 11.8 Å². The molecule has 1 saturated carbocycles. The van der Waals surface area contributed by atoms with Crippen molar-refractivity contribution in [2.45, 2.75) is 55.9 Å². The molecule has 1 aromatic carbocycles. The Morgan fingerprint density at radius 2 is 1.75 bits per heavy atom. The van der Waals surface area contributed by atoms with Gasteiger partial charge in [-0.2, -0.15) is 0 Å². The zero-order valence-corrected chi connectivity index (χ0v) is 15.7. The molecule has 0 unspecified atom stereocenters. The fourth-order valence-electron chi connectivity index (χ4n) is 4.03. The number of rotatable bonds is 4. The van der Waals surface area contributed by atoms with Gasteiger partial charge in [-0.15, -0.1) is 11.8 Å². The minimum absolute atomic E-state index is 0.289. The zero-order chi connectivity index (χ0) is 16.8. The molecule has 1 saturated heterocycles. The van der Waals surface area contributed by atoms with E-state index in [0.717, 1.165) is 44.2 Å². The third-order valence-corrected chi connectivity index (χ3v) is 6.23. The van der Waals surface area contributed by atoms with Crippen LogP contribution in [0.3, 0.4) is 0 Å². The summed E-state index contributed by atoms with van der Waals surface area (Å²) < 4.78 is 0. The van der Waals surface area contributed by atoms with Crippen LogP contribution < -0.4 is 0 Å². The standard InChI is InChI=1S/C20H30N2OS/c1-24-19-10-8-17(9-11-19)16-20(23)22-13-5-12-21(14-15-22)18-6-3-2-4-7-18/h8-11,18H,2-7,12-16H2,1H3. The Morgan fingerprint density at radius 1 is 1.00 bits per heavy atom. The van der Waals surface area contributed by atoms with Crippen molar-refractivity contribution in [1.29, 1.82) is 0 Å². The second kappa shape index (κ2) is 8.91. The Morgan fingerprint density at radius 3 is 2.46 bits per heavy atom. The van der Waals surface area contributed by atoms with E-state index in [9.17, 15) is 4.79 Å². The average Bonchev–Trinajstić information content (AvgIpc) is 2.89. The first-order valence-corrected chi connectivity index (χ1v) is 10.6. The van der Waals surface area contributed by atoms with Crippen molar-refractivity contribution in [3.8, 4) is 0 Å². The lowest BCUT2D eigenvalue weighted by Gasteiger charge is -2.33. The fraction of sp³-hybridized carbons (Fsp3) is 0.650. The van der Waals surface area contributed by atoms with Crippen LogP contribution in [0.4, 0.5) is 0 Å².